The largest absolute Gasteiger partial charge is 0.356 e. The molecule has 0 radical (unpaired) electrons. The van der Waals surface area contributed by atoms with Gasteiger partial charge in [0.2, 0.25) is 5.91 Å². The van der Waals surface area contributed by atoms with E-state index in [0.29, 0.717) is 18.7 Å². The molecule has 23 heavy (non-hydrogen) atoms. The molecule has 0 spiro atoms. The Morgan fingerprint density at radius 3 is 2.39 bits per heavy atom. The summed E-state index contributed by atoms with van der Waals surface area (Å²) in [4.78, 5) is 11.0. The molecule has 0 heterocycles. The van der Waals surface area contributed by atoms with Crippen molar-refractivity contribution in [1.29, 1.82) is 0 Å². The van der Waals surface area contributed by atoms with Gasteiger partial charge in [0, 0.05) is 19.2 Å². The standard InChI is InChI=1S/C17H20N2O3S/c1-13-4-3-5-16(12-13)19-23(21,22)17-8-6-15(7-9-17)10-11-18-14(2)20/h3-9,12,19H,10-11H2,1-2H3,(H,18,20). The number of rotatable bonds is 6. The van der Waals surface area contributed by atoms with Crippen LogP contribution in [-0.2, 0) is 21.2 Å². The summed E-state index contributed by atoms with van der Waals surface area (Å²) in [7, 11) is -3.60. The van der Waals surface area contributed by atoms with E-state index in [4.69, 9.17) is 0 Å². The van der Waals surface area contributed by atoms with Gasteiger partial charge >= 0.3 is 0 Å². The Morgan fingerprint density at radius 2 is 1.78 bits per heavy atom. The smallest absolute Gasteiger partial charge is 0.261 e. The van der Waals surface area contributed by atoms with Crippen LogP contribution >= 0.6 is 0 Å². The van der Waals surface area contributed by atoms with Gasteiger partial charge in [0.25, 0.3) is 10.0 Å². The molecule has 2 aromatic carbocycles. The van der Waals surface area contributed by atoms with Crippen molar-refractivity contribution in [2.24, 2.45) is 0 Å². The summed E-state index contributed by atoms with van der Waals surface area (Å²) >= 11 is 0. The van der Waals surface area contributed by atoms with Gasteiger partial charge in [-0.25, -0.2) is 8.42 Å². The summed E-state index contributed by atoms with van der Waals surface area (Å²) in [6.07, 6.45) is 0.658. The molecular formula is C17H20N2O3S. The van der Waals surface area contributed by atoms with Gasteiger partial charge in [-0.2, -0.15) is 0 Å². The summed E-state index contributed by atoms with van der Waals surface area (Å²) in [6.45, 7) is 3.90. The molecule has 5 nitrogen and oxygen atoms in total. The normalized spacial score (nSPS) is 11.0. The molecule has 2 aromatic rings. The highest BCUT2D eigenvalue weighted by atomic mass is 32.2. The predicted octanol–water partition coefficient (Wildman–Crippen LogP) is 2.47. The van der Waals surface area contributed by atoms with E-state index in [1.165, 1.54) is 6.92 Å². The van der Waals surface area contributed by atoms with Gasteiger partial charge in [0.05, 0.1) is 4.90 Å². The molecule has 2 rings (SSSR count). The maximum atomic E-state index is 12.4. The monoisotopic (exact) mass is 332 g/mol. The van der Waals surface area contributed by atoms with Gasteiger partial charge in [-0.3, -0.25) is 9.52 Å². The van der Waals surface area contributed by atoms with Crippen LogP contribution < -0.4 is 10.0 Å². The molecule has 0 atom stereocenters. The van der Waals surface area contributed by atoms with Crippen LogP contribution in [-0.4, -0.2) is 20.9 Å². The van der Waals surface area contributed by atoms with Crippen molar-refractivity contribution in [3.8, 4) is 0 Å². The first-order valence-electron chi connectivity index (χ1n) is 7.30. The second kappa shape index (κ2) is 7.28. The van der Waals surface area contributed by atoms with E-state index >= 15 is 0 Å². The predicted molar refractivity (Wildman–Crippen MR) is 90.8 cm³/mol. The Hall–Kier alpha value is -2.34. The van der Waals surface area contributed by atoms with Crippen molar-refractivity contribution in [3.05, 3.63) is 59.7 Å². The summed E-state index contributed by atoms with van der Waals surface area (Å²) < 4.78 is 27.3. The number of hydrogen-bond acceptors (Lipinski definition) is 3. The molecular weight excluding hydrogens is 312 g/mol. The van der Waals surface area contributed by atoms with Crippen LogP contribution in [0.5, 0.6) is 0 Å². The molecule has 0 aromatic heterocycles. The number of anilines is 1. The SMILES string of the molecule is CC(=O)NCCc1ccc(S(=O)(=O)Nc2cccc(C)c2)cc1. The van der Waals surface area contributed by atoms with Crippen molar-refractivity contribution in [1.82, 2.24) is 5.32 Å². The average molecular weight is 332 g/mol. The van der Waals surface area contributed by atoms with E-state index in [1.807, 2.05) is 13.0 Å². The molecule has 0 aliphatic carbocycles. The Labute approximate surface area is 136 Å². The van der Waals surface area contributed by atoms with Gasteiger partial charge in [-0.1, -0.05) is 24.3 Å². The number of nitrogens with one attached hydrogen (secondary N) is 2. The number of sulfonamides is 1. The fourth-order valence-corrected chi connectivity index (χ4v) is 3.19. The molecule has 0 saturated carbocycles. The highest BCUT2D eigenvalue weighted by molar-refractivity contribution is 7.92. The van der Waals surface area contributed by atoms with Gasteiger partial charge in [-0.05, 0) is 48.7 Å². The zero-order valence-electron chi connectivity index (χ0n) is 13.2. The van der Waals surface area contributed by atoms with Gasteiger partial charge < -0.3 is 5.32 Å². The number of carbonyl (C=O) groups is 1. The highest BCUT2D eigenvalue weighted by Gasteiger charge is 2.14. The average Bonchev–Trinajstić information content (AvgIpc) is 2.47. The Bertz CT molecular complexity index is 784. The minimum atomic E-state index is -3.60. The zero-order valence-corrected chi connectivity index (χ0v) is 14.0. The molecule has 0 aliphatic rings. The Balaban J connectivity index is 2.06. The van der Waals surface area contributed by atoms with E-state index < -0.39 is 10.0 Å². The first-order chi connectivity index (χ1) is 10.9. The van der Waals surface area contributed by atoms with Crippen LogP contribution in [0.25, 0.3) is 0 Å². The third-order valence-corrected chi connectivity index (χ3v) is 4.69. The van der Waals surface area contributed by atoms with Crippen molar-refractivity contribution in [3.63, 3.8) is 0 Å². The van der Waals surface area contributed by atoms with E-state index in [1.54, 1.807) is 42.5 Å². The maximum Gasteiger partial charge on any atom is 0.261 e. The number of aryl methyl sites for hydroxylation is 1. The minimum absolute atomic E-state index is 0.0773. The molecule has 122 valence electrons. The lowest BCUT2D eigenvalue weighted by Crippen LogP contribution is -2.22. The fraction of sp³-hybridized carbons (Fsp3) is 0.235. The van der Waals surface area contributed by atoms with Crippen molar-refractivity contribution in [2.75, 3.05) is 11.3 Å². The summed E-state index contributed by atoms with van der Waals surface area (Å²) in [6, 6.07) is 13.9. The van der Waals surface area contributed by atoms with Crippen molar-refractivity contribution >= 4 is 21.6 Å². The second-order valence-electron chi connectivity index (χ2n) is 5.35. The second-order valence-corrected chi connectivity index (χ2v) is 7.03. The zero-order chi connectivity index (χ0) is 16.9. The quantitative estimate of drug-likeness (QED) is 0.853. The number of benzene rings is 2. The topological polar surface area (TPSA) is 75.3 Å². The maximum absolute atomic E-state index is 12.4. The molecule has 0 aliphatic heterocycles. The van der Waals surface area contributed by atoms with E-state index in [9.17, 15) is 13.2 Å². The molecule has 0 unspecified atom stereocenters. The summed E-state index contributed by atoms with van der Waals surface area (Å²) in [5, 5.41) is 2.71. The number of amides is 1. The Kier molecular flexibility index (Phi) is 5.39. The van der Waals surface area contributed by atoms with Crippen LogP contribution in [0.4, 0.5) is 5.69 Å². The minimum Gasteiger partial charge on any atom is -0.356 e. The van der Waals surface area contributed by atoms with Crippen LogP contribution in [0.1, 0.15) is 18.1 Å². The van der Waals surface area contributed by atoms with Gasteiger partial charge in [-0.15, -0.1) is 0 Å². The lowest BCUT2D eigenvalue weighted by molar-refractivity contribution is -0.118. The highest BCUT2D eigenvalue weighted by Crippen LogP contribution is 2.17. The third-order valence-electron chi connectivity index (χ3n) is 3.29. The molecule has 0 bridgehead atoms. The van der Waals surface area contributed by atoms with E-state index in [0.717, 1.165) is 11.1 Å². The number of hydrogen-bond donors (Lipinski definition) is 2. The van der Waals surface area contributed by atoms with E-state index in [2.05, 4.69) is 10.0 Å². The first-order valence-corrected chi connectivity index (χ1v) is 8.78. The van der Waals surface area contributed by atoms with Crippen LogP contribution in [0.2, 0.25) is 0 Å². The number of carbonyl (C=O) groups excluding carboxylic acids is 1. The van der Waals surface area contributed by atoms with Crippen molar-refractivity contribution in [2.45, 2.75) is 25.2 Å². The van der Waals surface area contributed by atoms with Gasteiger partial charge in [0.1, 0.15) is 0 Å². The van der Waals surface area contributed by atoms with Crippen LogP contribution in [0, 0.1) is 6.92 Å². The molecule has 1 amide bonds. The van der Waals surface area contributed by atoms with E-state index in [-0.39, 0.29) is 10.8 Å². The van der Waals surface area contributed by atoms with Crippen LogP contribution in [0.3, 0.4) is 0 Å². The summed E-state index contributed by atoms with van der Waals surface area (Å²) in [5.41, 5.74) is 2.49. The lowest BCUT2D eigenvalue weighted by Gasteiger charge is -2.09. The molecule has 0 saturated heterocycles. The first kappa shape index (κ1) is 17.0. The lowest BCUT2D eigenvalue weighted by atomic mass is 10.1. The van der Waals surface area contributed by atoms with Gasteiger partial charge in [0.15, 0.2) is 0 Å². The third kappa shape index (κ3) is 5.10. The summed E-state index contributed by atoms with van der Waals surface area (Å²) in [5.74, 6) is -0.0773. The van der Waals surface area contributed by atoms with Crippen LogP contribution in [0.15, 0.2) is 53.4 Å². The Morgan fingerprint density at radius 1 is 1.09 bits per heavy atom. The molecule has 0 fully saturated rings. The van der Waals surface area contributed by atoms with Crippen molar-refractivity contribution < 1.29 is 13.2 Å². The fourth-order valence-electron chi connectivity index (χ4n) is 2.14. The molecule has 6 heteroatoms. The molecule has 2 N–H and O–H groups in total.